The van der Waals surface area contributed by atoms with Gasteiger partial charge in [0.15, 0.2) is 0 Å². The minimum absolute atomic E-state index is 0.0453. The van der Waals surface area contributed by atoms with Crippen molar-refractivity contribution in [1.82, 2.24) is 0 Å². The second-order valence-corrected chi connectivity index (χ2v) is 4.16. The molecule has 0 aromatic rings. The summed E-state index contributed by atoms with van der Waals surface area (Å²) in [7, 11) is 0. The van der Waals surface area contributed by atoms with Crippen LogP contribution in [0.3, 0.4) is 0 Å². The lowest BCUT2D eigenvalue weighted by molar-refractivity contribution is 0.0153. The zero-order valence-electron chi connectivity index (χ0n) is 7.98. The van der Waals surface area contributed by atoms with Gasteiger partial charge < -0.3 is 4.74 Å². The van der Waals surface area contributed by atoms with Crippen LogP contribution in [0, 0.1) is 11.8 Å². The van der Waals surface area contributed by atoms with Crippen molar-refractivity contribution in [2.24, 2.45) is 11.8 Å². The minimum atomic E-state index is 0.0453. The van der Waals surface area contributed by atoms with Gasteiger partial charge in [0.25, 0.3) is 0 Å². The Morgan fingerprint density at radius 1 is 1.55 bits per heavy atom. The Hall–Kier alpha value is -0.300. The molecule has 0 aromatic carbocycles. The molecule has 0 aliphatic carbocycles. The van der Waals surface area contributed by atoms with Crippen LogP contribution >= 0.6 is 0 Å². The molecule has 0 radical (unpaired) electrons. The number of hydrogen-bond acceptors (Lipinski definition) is 1. The van der Waals surface area contributed by atoms with Gasteiger partial charge >= 0.3 is 0 Å². The molecule has 0 saturated carbocycles. The SMILES string of the molecule is C=C(C)C1COC(C)(C)C1C. The van der Waals surface area contributed by atoms with Crippen molar-refractivity contribution in [3.05, 3.63) is 12.2 Å². The predicted octanol–water partition coefficient (Wildman–Crippen LogP) is 2.62. The minimum Gasteiger partial charge on any atom is -0.375 e. The molecule has 0 N–H and O–H groups in total. The summed E-state index contributed by atoms with van der Waals surface area (Å²) >= 11 is 0. The van der Waals surface area contributed by atoms with E-state index in [4.69, 9.17) is 4.74 Å². The number of ether oxygens (including phenoxy) is 1. The van der Waals surface area contributed by atoms with Crippen molar-refractivity contribution in [2.75, 3.05) is 6.61 Å². The molecular weight excluding hydrogens is 136 g/mol. The summed E-state index contributed by atoms with van der Waals surface area (Å²) < 4.78 is 5.67. The van der Waals surface area contributed by atoms with E-state index in [9.17, 15) is 0 Å². The molecule has 1 heterocycles. The first-order valence-electron chi connectivity index (χ1n) is 4.24. The fourth-order valence-corrected chi connectivity index (χ4v) is 1.63. The highest BCUT2D eigenvalue weighted by Crippen LogP contribution is 2.38. The quantitative estimate of drug-likeness (QED) is 0.527. The second kappa shape index (κ2) is 2.63. The van der Waals surface area contributed by atoms with E-state index in [1.807, 2.05) is 0 Å². The zero-order valence-corrected chi connectivity index (χ0v) is 7.98. The maximum Gasteiger partial charge on any atom is 0.0658 e. The summed E-state index contributed by atoms with van der Waals surface area (Å²) in [5.41, 5.74) is 1.30. The molecule has 1 aliphatic rings. The van der Waals surface area contributed by atoms with Gasteiger partial charge in [-0.2, -0.15) is 0 Å². The third-order valence-electron chi connectivity index (χ3n) is 2.97. The molecule has 1 heteroatoms. The highest BCUT2D eigenvalue weighted by molar-refractivity contribution is 5.05. The van der Waals surface area contributed by atoms with Gasteiger partial charge in [0.1, 0.15) is 0 Å². The molecule has 0 spiro atoms. The summed E-state index contributed by atoms with van der Waals surface area (Å²) in [6.07, 6.45) is 0. The van der Waals surface area contributed by atoms with Gasteiger partial charge in [-0.3, -0.25) is 0 Å². The van der Waals surface area contributed by atoms with Crippen molar-refractivity contribution in [3.63, 3.8) is 0 Å². The normalized spacial score (nSPS) is 35.6. The molecule has 2 unspecified atom stereocenters. The van der Waals surface area contributed by atoms with E-state index in [2.05, 4.69) is 34.3 Å². The maximum absolute atomic E-state index is 5.67. The summed E-state index contributed by atoms with van der Waals surface area (Å²) in [4.78, 5) is 0. The Kier molecular flexibility index (Phi) is 2.10. The van der Waals surface area contributed by atoms with Gasteiger partial charge in [-0.15, -0.1) is 0 Å². The maximum atomic E-state index is 5.67. The monoisotopic (exact) mass is 154 g/mol. The molecule has 1 aliphatic heterocycles. The fourth-order valence-electron chi connectivity index (χ4n) is 1.63. The molecule has 1 nitrogen and oxygen atoms in total. The third kappa shape index (κ3) is 1.48. The summed E-state index contributed by atoms with van der Waals surface area (Å²) in [6.45, 7) is 13.5. The Bertz CT molecular complexity index is 170. The molecule has 0 amide bonds. The van der Waals surface area contributed by atoms with Crippen LogP contribution in [0.4, 0.5) is 0 Å². The Labute approximate surface area is 69.4 Å². The summed E-state index contributed by atoms with van der Waals surface area (Å²) in [6, 6.07) is 0. The third-order valence-corrected chi connectivity index (χ3v) is 2.97. The van der Waals surface area contributed by atoms with Crippen LogP contribution in [0.1, 0.15) is 27.7 Å². The van der Waals surface area contributed by atoms with E-state index in [1.165, 1.54) is 5.57 Å². The van der Waals surface area contributed by atoms with Gasteiger partial charge in [-0.05, 0) is 26.7 Å². The lowest BCUT2D eigenvalue weighted by Crippen LogP contribution is -2.27. The van der Waals surface area contributed by atoms with E-state index in [1.54, 1.807) is 0 Å². The molecular formula is C10H18O. The first kappa shape index (κ1) is 8.79. The van der Waals surface area contributed by atoms with Gasteiger partial charge in [-0.25, -0.2) is 0 Å². The second-order valence-electron chi connectivity index (χ2n) is 4.16. The first-order chi connectivity index (χ1) is 4.95. The smallest absolute Gasteiger partial charge is 0.0658 e. The van der Waals surface area contributed by atoms with Crippen molar-refractivity contribution in [3.8, 4) is 0 Å². The van der Waals surface area contributed by atoms with Crippen LogP contribution in [0.25, 0.3) is 0 Å². The molecule has 64 valence electrons. The first-order valence-corrected chi connectivity index (χ1v) is 4.24. The van der Waals surface area contributed by atoms with E-state index in [0.717, 1.165) is 6.61 Å². The van der Waals surface area contributed by atoms with Crippen LogP contribution in [-0.2, 0) is 4.74 Å². The van der Waals surface area contributed by atoms with E-state index in [0.29, 0.717) is 11.8 Å². The summed E-state index contributed by atoms with van der Waals surface area (Å²) in [5, 5.41) is 0. The van der Waals surface area contributed by atoms with Crippen LogP contribution in [-0.4, -0.2) is 12.2 Å². The topological polar surface area (TPSA) is 9.23 Å². The average molecular weight is 154 g/mol. The van der Waals surface area contributed by atoms with Gasteiger partial charge in [0.05, 0.1) is 12.2 Å². The molecule has 1 fully saturated rings. The number of hydrogen-bond donors (Lipinski definition) is 0. The molecule has 1 saturated heterocycles. The summed E-state index contributed by atoms with van der Waals surface area (Å²) in [5.74, 6) is 1.16. The zero-order chi connectivity index (χ0) is 8.65. The lowest BCUT2D eigenvalue weighted by Gasteiger charge is -2.24. The van der Waals surface area contributed by atoms with Crippen LogP contribution < -0.4 is 0 Å². The molecule has 11 heavy (non-hydrogen) atoms. The predicted molar refractivity (Wildman–Crippen MR) is 47.5 cm³/mol. The van der Waals surface area contributed by atoms with E-state index >= 15 is 0 Å². The van der Waals surface area contributed by atoms with Gasteiger partial charge in [-0.1, -0.05) is 19.1 Å². The van der Waals surface area contributed by atoms with Crippen LogP contribution in [0.2, 0.25) is 0 Å². The molecule has 1 rings (SSSR count). The Balaban J connectivity index is 2.71. The fraction of sp³-hybridized carbons (Fsp3) is 0.800. The van der Waals surface area contributed by atoms with Gasteiger partial charge in [0.2, 0.25) is 0 Å². The van der Waals surface area contributed by atoms with Crippen LogP contribution in [0.15, 0.2) is 12.2 Å². The van der Waals surface area contributed by atoms with Crippen molar-refractivity contribution in [1.29, 1.82) is 0 Å². The molecule has 0 aromatic heterocycles. The van der Waals surface area contributed by atoms with Gasteiger partial charge in [0, 0.05) is 5.92 Å². The molecule has 2 atom stereocenters. The highest BCUT2D eigenvalue weighted by Gasteiger charge is 2.39. The van der Waals surface area contributed by atoms with E-state index in [-0.39, 0.29) is 5.60 Å². The standard InChI is InChI=1S/C10H18O/c1-7(2)9-6-11-10(4,5)8(9)3/h8-9H,1,6H2,2-5H3. The largest absolute Gasteiger partial charge is 0.375 e. The van der Waals surface area contributed by atoms with Crippen LogP contribution in [0.5, 0.6) is 0 Å². The number of rotatable bonds is 1. The average Bonchev–Trinajstić information content (AvgIpc) is 2.09. The van der Waals surface area contributed by atoms with Crippen molar-refractivity contribution in [2.45, 2.75) is 33.3 Å². The van der Waals surface area contributed by atoms with Crippen molar-refractivity contribution >= 4 is 0 Å². The van der Waals surface area contributed by atoms with Crippen molar-refractivity contribution < 1.29 is 4.74 Å². The Morgan fingerprint density at radius 2 is 2.09 bits per heavy atom. The van der Waals surface area contributed by atoms with E-state index < -0.39 is 0 Å². The molecule has 0 bridgehead atoms. The Morgan fingerprint density at radius 3 is 2.27 bits per heavy atom. The highest BCUT2D eigenvalue weighted by atomic mass is 16.5. The lowest BCUT2D eigenvalue weighted by atomic mass is 9.82.